The van der Waals surface area contributed by atoms with Gasteiger partial charge in [-0.2, -0.15) is 0 Å². The van der Waals surface area contributed by atoms with E-state index in [1.54, 1.807) is 0 Å². The normalized spacial score (nSPS) is 24.7. The Hall–Kier alpha value is -0.120. The van der Waals surface area contributed by atoms with Gasteiger partial charge in [0.2, 0.25) is 0 Å². The second kappa shape index (κ2) is 4.94. The van der Waals surface area contributed by atoms with Crippen molar-refractivity contribution in [1.82, 2.24) is 5.32 Å². The molecule has 1 rings (SSSR count). The Balaban J connectivity index is 2.04. The molecule has 2 N–H and O–H groups in total. The molecule has 0 aromatic heterocycles. The van der Waals surface area contributed by atoms with E-state index in [0.717, 1.165) is 19.8 Å². The summed E-state index contributed by atoms with van der Waals surface area (Å²) in [5.41, 5.74) is -0.602. The van der Waals surface area contributed by atoms with Crippen molar-refractivity contribution in [2.75, 3.05) is 26.3 Å². The third-order valence-electron chi connectivity index (χ3n) is 2.25. The van der Waals surface area contributed by atoms with Crippen molar-refractivity contribution in [2.24, 2.45) is 5.92 Å². The Bertz CT molecular complexity index is 136. The van der Waals surface area contributed by atoms with Crippen molar-refractivity contribution >= 4 is 0 Å². The number of hydrogen-bond acceptors (Lipinski definition) is 3. The third-order valence-corrected chi connectivity index (χ3v) is 2.25. The first-order valence-corrected chi connectivity index (χ1v) is 5.09. The zero-order chi connectivity index (χ0) is 9.73. The maximum atomic E-state index is 9.45. The summed E-state index contributed by atoms with van der Waals surface area (Å²) in [6, 6.07) is 0. The molecular formula is C10H21NO2. The van der Waals surface area contributed by atoms with Gasteiger partial charge in [0.25, 0.3) is 0 Å². The van der Waals surface area contributed by atoms with Gasteiger partial charge in [0.05, 0.1) is 12.2 Å². The summed E-state index contributed by atoms with van der Waals surface area (Å²) < 4.78 is 5.36. The highest BCUT2D eigenvalue weighted by Gasteiger charge is 2.16. The van der Waals surface area contributed by atoms with E-state index in [9.17, 15) is 5.11 Å². The van der Waals surface area contributed by atoms with E-state index in [2.05, 4.69) is 5.32 Å². The van der Waals surface area contributed by atoms with Crippen LogP contribution >= 0.6 is 0 Å². The van der Waals surface area contributed by atoms with Gasteiger partial charge in [-0.1, -0.05) is 0 Å². The number of rotatable bonds is 4. The highest BCUT2D eigenvalue weighted by molar-refractivity contribution is 4.71. The Labute approximate surface area is 80.5 Å². The van der Waals surface area contributed by atoms with Gasteiger partial charge in [-0.25, -0.2) is 0 Å². The van der Waals surface area contributed by atoms with Gasteiger partial charge in [0, 0.05) is 19.7 Å². The fourth-order valence-corrected chi connectivity index (χ4v) is 1.55. The first-order valence-electron chi connectivity index (χ1n) is 5.09. The van der Waals surface area contributed by atoms with Gasteiger partial charge in [0.1, 0.15) is 0 Å². The number of aliphatic hydroxyl groups is 1. The minimum atomic E-state index is -0.602. The Morgan fingerprint density at radius 3 is 2.85 bits per heavy atom. The summed E-state index contributed by atoms with van der Waals surface area (Å²) in [4.78, 5) is 0. The lowest BCUT2D eigenvalue weighted by Crippen LogP contribution is -2.38. The maximum absolute atomic E-state index is 9.45. The average molecular weight is 187 g/mol. The fourth-order valence-electron chi connectivity index (χ4n) is 1.55. The van der Waals surface area contributed by atoms with E-state index in [1.807, 2.05) is 13.8 Å². The molecule has 0 radical (unpaired) electrons. The third kappa shape index (κ3) is 5.24. The van der Waals surface area contributed by atoms with Crippen LogP contribution in [0.15, 0.2) is 0 Å². The summed E-state index contributed by atoms with van der Waals surface area (Å²) in [7, 11) is 0. The van der Waals surface area contributed by atoms with Gasteiger partial charge < -0.3 is 15.2 Å². The molecule has 3 nitrogen and oxygen atoms in total. The number of hydrogen-bond donors (Lipinski definition) is 2. The van der Waals surface area contributed by atoms with E-state index in [4.69, 9.17) is 4.74 Å². The van der Waals surface area contributed by atoms with E-state index in [0.29, 0.717) is 12.5 Å². The van der Waals surface area contributed by atoms with Crippen LogP contribution in [0.4, 0.5) is 0 Å². The van der Waals surface area contributed by atoms with Crippen molar-refractivity contribution in [2.45, 2.75) is 32.3 Å². The maximum Gasteiger partial charge on any atom is 0.0715 e. The highest BCUT2D eigenvalue weighted by Crippen LogP contribution is 2.12. The molecule has 0 spiro atoms. The Morgan fingerprint density at radius 1 is 1.54 bits per heavy atom. The zero-order valence-electron chi connectivity index (χ0n) is 8.68. The molecule has 0 aromatic rings. The van der Waals surface area contributed by atoms with Crippen molar-refractivity contribution < 1.29 is 9.84 Å². The minimum Gasteiger partial charge on any atom is -0.389 e. The van der Waals surface area contributed by atoms with Crippen molar-refractivity contribution in [1.29, 1.82) is 0 Å². The highest BCUT2D eigenvalue weighted by atomic mass is 16.5. The molecule has 1 saturated heterocycles. The Kier molecular flexibility index (Phi) is 4.16. The van der Waals surface area contributed by atoms with E-state index >= 15 is 0 Å². The molecule has 0 bridgehead atoms. The fraction of sp³-hybridized carbons (Fsp3) is 1.00. The van der Waals surface area contributed by atoms with E-state index in [1.165, 1.54) is 12.8 Å². The molecule has 3 heteroatoms. The van der Waals surface area contributed by atoms with Gasteiger partial charge in [-0.05, 0) is 32.6 Å². The monoisotopic (exact) mass is 187 g/mol. The molecule has 1 atom stereocenters. The molecule has 1 aliphatic rings. The molecule has 0 amide bonds. The molecule has 1 heterocycles. The second-order valence-corrected chi connectivity index (χ2v) is 4.53. The Morgan fingerprint density at radius 2 is 2.31 bits per heavy atom. The summed E-state index contributed by atoms with van der Waals surface area (Å²) in [5.74, 6) is 0.635. The second-order valence-electron chi connectivity index (χ2n) is 4.53. The molecule has 0 saturated carbocycles. The van der Waals surface area contributed by atoms with Crippen LogP contribution in [0.25, 0.3) is 0 Å². The first-order chi connectivity index (χ1) is 6.08. The van der Waals surface area contributed by atoms with Gasteiger partial charge in [-0.3, -0.25) is 0 Å². The van der Waals surface area contributed by atoms with E-state index in [-0.39, 0.29) is 0 Å². The van der Waals surface area contributed by atoms with Crippen LogP contribution < -0.4 is 5.32 Å². The van der Waals surface area contributed by atoms with Crippen LogP contribution in [-0.2, 0) is 4.74 Å². The predicted octanol–water partition coefficient (Wildman–Crippen LogP) is 0.773. The van der Waals surface area contributed by atoms with Crippen LogP contribution in [0.5, 0.6) is 0 Å². The van der Waals surface area contributed by atoms with Crippen LogP contribution in [0, 0.1) is 5.92 Å². The molecule has 0 aliphatic carbocycles. The predicted molar refractivity (Wildman–Crippen MR) is 52.7 cm³/mol. The largest absolute Gasteiger partial charge is 0.389 e. The smallest absolute Gasteiger partial charge is 0.0715 e. The SMILES string of the molecule is CC(C)(O)CNCC1CCCOC1. The van der Waals surface area contributed by atoms with Crippen LogP contribution in [0.2, 0.25) is 0 Å². The lowest BCUT2D eigenvalue weighted by atomic mass is 10.0. The topological polar surface area (TPSA) is 41.5 Å². The summed E-state index contributed by atoms with van der Waals surface area (Å²) >= 11 is 0. The minimum absolute atomic E-state index is 0.602. The summed E-state index contributed by atoms with van der Waals surface area (Å²) in [5, 5.41) is 12.7. The molecule has 1 aliphatic heterocycles. The van der Waals surface area contributed by atoms with Crippen molar-refractivity contribution in [3.05, 3.63) is 0 Å². The molecule has 1 unspecified atom stereocenters. The number of ether oxygens (including phenoxy) is 1. The average Bonchev–Trinajstić information content (AvgIpc) is 2.04. The van der Waals surface area contributed by atoms with Gasteiger partial charge in [0.15, 0.2) is 0 Å². The first kappa shape index (κ1) is 11.0. The van der Waals surface area contributed by atoms with Crippen LogP contribution in [0.1, 0.15) is 26.7 Å². The lowest BCUT2D eigenvalue weighted by molar-refractivity contribution is 0.0469. The van der Waals surface area contributed by atoms with Crippen molar-refractivity contribution in [3.63, 3.8) is 0 Å². The molecule has 0 aromatic carbocycles. The molecule has 78 valence electrons. The standard InChI is InChI=1S/C10H21NO2/c1-10(2,12)8-11-6-9-4-3-5-13-7-9/h9,11-12H,3-8H2,1-2H3. The molecule has 1 fully saturated rings. The van der Waals surface area contributed by atoms with Gasteiger partial charge in [-0.15, -0.1) is 0 Å². The van der Waals surface area contributed by atoms with Crippen LogP contribution in [0.3, 0.4) is 0 Å². The summed E-state index contributed by atoms with van der Waals surface area (Å²) in [6.45, 7) is 7.04. The van der Waals surface area contributed by atoms with Crippen LogP contribution in [-0.4, -0.2) is 37.0 Å². The van der Waals surface area contributed by atoms with Gasteiger partial charge >= 0.3 is 0 Å². The zero-order valence-corrected chi connectivity index (χ0v) is 8.68. The van der Waals surface area contributed by atoms with Crippen molar-refractivity contribution in [3.8, 4) is 0 Å². The van der Waals surface area contributed by atoms with E-state index < -0.39 is 5.60 Å². The number of nitrogens with one attached hydrogen (secondary N) is 1. The quantitative estimate of drug-likeness (QED) is 0.683. The molecule has 13 heavy (non-hydrogen) atoms. The molecular weight excluding hydrogens is 166 g/mol. The summed E-state index contributed by atoms with van der Waals surface area (Å²) in [6.07, 6.45) is 2.42. The lowest BCUT2D eigenvalue weighted by Gasteiger charge is -2.24.